The Morgan fingerprint density at radius 3 is 2.17 bits per heavy atom. The van der Waals surface area contributed by atoms with E-state index in [0.717, 1.165) is 11.1 Å². The van der Waals surface area contributed by atoms with Crippen molar-refractivity contribution < 1.29 is 19.4 Å². The quantitative estimate of drug-likeness (QED) is 0.915. The topological polar surface area (TPSA) is 66.8 Å². The van der Waals surface area contributed by atoms with Gasteiger partial charge in [-0.25, -0.2) is 4.79 Å². The van der Waals surface area contributed by atoms with Crippen LogP contribution >= 0.6 is 0 Å². The first kappa shape index (κ1) is 18.3. The molecule has 1 heterocycles. The number of benzene rings is 1. The summed E-state index contributed by atoms with van der Waals surface area (Å²) in [6.07, 6.45) is 1.01. The lowest BCUT2D eigenvalue weighted by Gasteiger charge is -2.41. The minimum atomic E-state index is -0.804. The number of ether oxygens (including phenoxy) is 1. The molecule has 0 bridgehead atoms. The molecule has 0 radical (unpaired) electrons. The van der Waals surface area contributed by atoms with E-state index < -0.39 is 17.0 Å². The molecule has 0 saturated carbocycles. The summed E-state index contributed by atoms with van der Waals surface area (Å²) in [7, 11) is 0. The van der Waals surface area contributed by atoms with Gasteiger partial charge >= 0.3 is 12.1 Å². The van der Waals surface area contributed by atoms with Crippen molar-refractivity contribution in [2.75, 3.05) is 13.1 Å². The van der Waals surface area contributed by atoms with Crippen LogP contribution in [0.4, 0.5) is 4.79 Å². The van der Waals surface area contributed by atoms with Gasteiger partial charge in [-0.2, -0.15) is 0 Å². The molecule has 1 aromatic rings. The Morgan fingerprint density at radius 2 is 1.71 bits per heavy atom. The normalized spacial score (nSPS) is 17.4. The molecule has 1 saturated heterocycles. The maximum Gasteiger partial charge on any atom is 0.410 e. The van der Waals surface area contributed by atoms with Crippen LogP contribution in [0.25, 0.3) is 0 Å². The van der Waals surface area contributed by atoms with E-state index in [-0.39, 0.29) is 12.5 Å². The van der Waals surface area contributed by atoms with Crippen LogP contribution in [0.5, 0.6) is 0 Å². The molecule has 1 aromatic carbocycles. The zero-order valence-electron chi connectivity index (χ0n) is 15.0. The van der Waals surface area contributed by atoms with Crippen LogP contribution in [0, 0.1) is 6.92 Å². The van der Waals surface area contributed by atoms with Gasteiger partial charge < -0.3 is 14.7 Å². The maximum absolute atomic E-state index is 12.2. The predicted molar refractivity (Wildman–Crippen MR) is 92.2 cm³/mol. The lowest BCUT2D eigenvalue weighted by atomic mass is 9.70. The van der Waals surface area contributed by atoms with Gasteiger partial charge in [0, 0.05) is 18.5 Å². The van der Waals surface area contributed by atoms with E-state index in [1.165, 1.54) is 0 Å². The lowest BCUT2D eigenvalue weighted by molar-refractivity contribution is -0.139. The van der Waals surface area contributed by atoms with Gasteiger partial charge in [0.2, 0.25) is 0 Å². The van der Waals surface area contributed by atoms with Gasteiger partial charge in [0.25, 0.3) is 0 Å². The van der Waals surface area contributed by atoms with Crippen molar-refractivity contribution in [1.82, 2.24) is 4.90 Å². The molecule has 1 fully saturated rings. The van der Waals surface area contributed by atoms with Crippen molar-refractivity contribution in [3.63, 3.8) is 0 Å². The summed E-state index contributed by atoms with van der Waals surface area (Å²) in [6.45, 7) is 8.56. The van der Waals surface area contributed by atoms with Crippen LogP contribution < -0.4 is 0 Å². The number of amides is 1. The van der Waals surface area contributed by atoms with Crippen LogP contribution in [-0.4, -0.2) is 40.8 Å². The maximum atomic E-state index is 12.2. The Morgan fingerprint density at radius 1 is 1.17 bits per heavy atom. The van der Waals surface area contributed by atoms with E-state index in [0.29, 0.717) is 25.9 Å². The molecule has 2 rings (SSSR count). The zero-order valence-corrected chi connectivity index (χ0v) is 15.0. The molecule has 1 N–H and O–H groups in total. The van der Waals surface area contributed by atoms with Crippen LogP contribution in [0.1, 0.15) is 51.2 Å². The number of carboxylic acid groups (broad SMARTS) is 1. The number of hydrogen-bond acceptors (Lipinski definition) is 3. The highest BCUT2D eigenvalue weighted by molar-refractivity contribution is 5.70. The Kier molecular flexibility index (Phi) is 5.21. The first-order chi connectivity index (χ1) is 11.1. The average molecular weight is 333 g/mol. The average Bonchev–Trinajstić information content (AvgIpc) is 2.46. The molecule has 1 amide bonds. The van der Waals surface area contributed by atoms with E-state index in [4.69, 9.17) is 4.74 Å². The van der Waals surface area contributed by atoms with Crippen molar-refractivity contribution in [1.29, 1.82) is 0 Å². The van der Waals surface area contributed by atoms with Crippen LogP contribution in [0.2, 0.25) is 0 Å². The Hall–Kier alpha value is -2.04. The molecular weight excluding hydrogens is 306 g/mol. The first-order valence-corrected chi connectivity index (χ1v) is 8.38. The second-order valence-electron chi connectivity index (χ2n) is 7.68. The lowest BCUT2D eigenvalue weighted by Crippen LogP contribution is -2.47. The number of aliphatic carboxylic acids is 1. The molecule has 0 atom stereocenters. The van der Waals surface area contributed by atoms with Gasteiger partial charge in [-0.1, -0.05) is 29.8 Å². The molecule has 0 aliphatic carbocycles. The molecular formula is C19H27NO4. The van der Waals surface area contributed by atoms with Gasteiger partial charge in [0.1, 0.15) is 5.60 Å². The molecule has 132 valence electrons. The zero-order chi connectivity index (χ0) is 18.0. The first-order valence-electron chi connectivity index (χ1n) is 8.38. The van der Waals surface area contributed by atoms with Crippen molar-refractivity contribution in [2.45, 2.75) is 58.0 Å². The van der Waals surface area contributed by atoms with Crippen molar-refractivity contribution in [3.05, 3.63) is 35.4 Å². The predicted octanol–water partition coefficient (Wildman–Crippen LogP) is 3.74. The van der Waals surface area contributed by atoms with Crippen molar-refractivity contribution >= 4 is 12.1 Å². The Bertz CT molecular complexity index is 593. The molecule has 0 unspecified atom stereocenters. The van der Waals surface area contributed by atoms with E-state index in [1.807, 2.05) is 52.0 Å². The number of carbonyl (C=O) groups excluding carboxylic acids is 1. The van der Waals surface area contributed by atoms with Gasteiger partial charge in [0.15, 0.2) is 0 Å². The van der Waals surface area contributed by atoms with E-state index in [9.17, 15) is 14.7 Å². The number of rotatable bonds is 3. The van der Waals surface area contributed by atoms with Gasteiger partial charge in [-0.15, -0.1) is 0 Å². The summed E-state index contributed by atoms with van der Waals surface area (Å²) < 4.78 is 5.42. The van der Waals surface area contributed by atoms with E-state index in [2.05, 4.69) is 0 Å². The highest BCUT2D eigenvalue weighted by Gasteiger charge is 2.40. The summed E-state index contributed by atoms with van der Waals surface area (Å²) >= 11 is 0. The third-order valence-corrected chi connectivity index (χ3v) is 4.53. The van der Waals surface area contributed by atoms with E-state index >= 15 is 0 Å². The Labute approximate surface area is 143 Å². The third-order valence-electron chi connectivity index (χ3n) is 4.53. The van der Waals surface area contributed by atoms with Crippen LogP contribution in [0.3, 0.4) is 0 Å². The number of nitrogens with zero attached hydrogens (tertiary/aromatic N) is 1. The fourth-order valence-corrected chi connectivity index (χ4v) is 3.21. The number of carbonyl (C=O) groups is 2. The minimum Gasteiger partial charge on any atom is -0.481 e. The summed E-state index contributed by atoms with van der Waals surface area (Å²) in [6, 6.07) is 8.06. The SMILES string of the molecule is Cc1ccc(C2(CC(=O)O)CCN(C(=O)OC(C)(C)C)CC2)cc1. The smallest absolute Gasteiger partial charge is 0.410 e. The number of carboxylic acids is 1. The highest BCUT2D eigenvalue weighted by atomic mass is 16.6. The highest BCUT2D eigenvalue weighted by Crippen LogP contribution is 2.39. The third kappa shape index (κ3) is 4.49. The van der Waals surface area contributed by atoms with Crippen molar-refractivity contribution in [2.24, 2.45) is 0 Å². The molecule has 24 heavy (non-hydrogen) atoms. The molecule has 0 spiro atoms. The number of aryl methyl sites for hydroxylation is 1. The second-order valence-corrected chi connectivity index (χ2v) is 7.68. The fourth-order valence-electron chi connectivity index (χ4n) is 3.21. The van der Waals surface area contributed by atoms with Gasteiger partial charge in [-0.3, -0.25) is 4.79 Å². The second kappa shape index (κ2) is 6.83. The van der Waals surface area contributed by atoms with Crippen LogP contribution in [0.15, 0.2) is 24.3 Å². The molecule has 1 aliphatic heterocycles. The minimum absolute atomic E-state index is 0.0816. The molecule has 1 aliphatic rings. The summed E-state index contributed by atoms with van der Waals surface area (Å²) in [4.78, 5) is 25.3. The summed E-state index contributed by atoms with van der Waals surface area (Å²) in [5.41, 5.74) is 1.25. The molecule has 5 heteroatoms. The van der Waals surface area contributed by atoms with E-state index in [1.54, 1.807) is 4.90 Å². The molecule has 0 aromatic heterocycles. The summed E-state index contributed by atoms with van der Waals surface area (Å²) in [5.74, 6) is -0.804. The fraction of sp³-hybridized carbons (Fsp3) is 0.579. The van der Waals surface area contributed by atoms with Crippen LogP contribution in [-0.2, 0) is 14.9 Å². The summed E-state index contributed by atoms with van der Waals surface area (Å²) in [5, 5.41) is 9.37. The standard InChI is InChI=1S/C19H27NO4/c1-14-5-7-15(8-6-14)19(13-16(21)22)9-11-20(12-10-19)17(23)24-18(2,3)4/h5-8H,9-13H2,1-4H3,(H,21,22). The monoisotopic (exact) mass is 333 g/mol. The van der Waals surface area contributed by atoms with Crippen molar-refractivity contribution in [3.8, 4) is 0 Å². The van der Waals surface area contributed by atoms with Gasteiger partial charge in [-0.05, 0) is 46.1 Å². The number of likely N-dealkylation sites (tertiary alicyclic amines) is 1. The largest absolute Gasteiger partial charge is 0.481 e. The van der Waals surface area contributed by atoms with Gasteiger partial charge in [0.05, 0.1) is 6.42 Å². The number of hydrogen-bond donors (Lipinski definition) is 1. The molecule has 5 nitrogen and oxygen atoms in total. The number of piperidine rings is 1. The Balaban J connectivity index is 2.14.